The maximum atomic E-state index is 11.6. The first-order valence-corrected chi connectivity index (χ1v) is 5.14. The molecule has 3 nitrogen and oxygen atoms in total. The van der Waals surface area contributed by atoms with Crippen molar-refractivity contribution in [2.45, 2.75) is 26.7 Å². The molecule has 0 aromatic carbocycles. The maximum Gasteiger partial charge on any atom is 0.225 e. The number of nitrogens with two attached hydrogens (primary N) is 1. The molecule has 0 spiro atoms. The number of hydrogen-bond donors (Lipinski definition) is 1. The molecule has 1 rings (SSSR count). The van der Waals surface area contributed by atoms with Crippen LogP contribution in [0.4, 0.5) is 0 Å². The van der Waals surface area contributed by atoms with Crippen molar-refractivity contribution in [2.75, 3.05) is 19.6 Å². The zero-order valence-electron chi connectivity index (χ0n) is 8.62. The Morgan fingerprint density at radius 3 is 2.85 bits per heavy atom. The van der Waals surface area contributed by atoms with Crippen LogP contribution in [0.25, 0.3) is 0 Å². The molecule has 0 radical (unpaired) electrons. The van der Waals surface area contributed by atoms with E-state index < -0.39 is 0 Å². The molecule has 0 aromatic heterocycles. The molecule has 0 aromatic rings. The van der Waals surface area contributed by atoms with Crippen molar-refractivity contribution in [1.29, 1.82) is 0 Å². The second-order valence-electron chi connectivity index (χ2n) is 4.18. The Morgan fingerprint density at radius 2 is 2.31 bits per heavy atom. The SMILES string of the molecule is CC(C)C(=O)N1CCC[C@@H](CN)C1. The number of likely N-dealkylation sites (tertiary alicyclic amines) is 1. The van der Waals surface area contributed by atoms with Gasteiger partial charge in [0.2, 0.25) is 5.91 Å². The minimum Gasteiger partial charge on any atom is -0.342 e. The molecule has 1 amide bonds. The predicted octanol–water partition coefficient (Wildman–Crippen LogP) is 0.840. The number of carbonyl (C=O) groups is 1. The average molecular weight is 184 g/mol. The molecule has 76 valence electrons. The first-order valence-electron chi connectivity index (χ1n) is 5.14. The van der Waals surface area contributed by atoms with E-state index >= 15 is 0 Å². The molecule has 1 fully saturated rings. The largest absolute Gasteiger partial charge is 0.342 e. The molecule has 0 bridgehead atoms. The fraction of sp³-hybridized carbons (Fsp3) is 0.900. The van der Waals surface area contributed by atoms with Gasteiger partial charge in [-0.25, -0.2) is 0 Å². The number of hydrogen-bond acceptors (Lipinski definition) is 2. The van der Waals surface area contributed by atoms with E-state index in [1.807, 2.05) is 18.7 Å². The zero-order chi connectivity index (χ0) is 9.84. The van der Waals surface area contributed by atoms with Crippen molar-refractivity contribution in [2.24, 2.45) is 17.6 Å². The van der Waals surface area contributed by atoms with Crippen molar-refractivity contribution >= 4 is 5.91 Å². The molecule has 1 aliphatic rings. The lowest BCUT2D eigenvalue weighted by Crippen LogP contribution is -2.43. The van der Waals surface area contributed by atoms with Crippen molar-refractivity contribution in [3.8, 4) is 0 Å². The van der Waals surface area contributed by atoms with E-state index in [1.165, 1.54) is 6.42 Å². The molecule has 1 aliphatic heterocycles. The lowest BCUT2D eigenvalue weighted by Gasteiger charge is -2.33. The highest BCUT2D eigenvalue weighted by molar-refractivity contribution is 5.78. The van der Waals surface area contributed by atoms with E-state index in [9.17, 15) is 4.79 Å². The molecule has 0 unspecified atom stereocenters. The third-order valence-electron chi connectivity index (χ3n) is 2.66. The minimum absolute atomic E-state index is 0.122. The molecule has 0 saturated carbocycles. The Bertz CT molecular complexity index is 180. The van der Waals surface area contributed by atoms with Crippen LogP contribution in [0.5, 0.6) is 0 Å². The van der Waals surface area contributed by atoms with E-state index in [-0.39, 0.29) is 11.8 Å². The first kappa shape index (κ1) is 10.5. The van der Waals surface area contributed by atoms with Gasteiger partial charge in [-0.3, -0.25) is 4.79 Å². The topological polar surface area (TPSA) is 46.3 Å². The van der Waals surface area contributed by atoms with E-state index in [0.29, 0.717) is 12.5 Å². The Kier molecular flexibility index (Phi) is 3.72. The summed E-state index contributed by atoms with van der Waals surface area (Å²) in [6.07, 6.45) is 2.29. The summed E-state index contributed by atoms with van der Waals surface area (Å²) in [5, 5.41) is 0. The van der Waals surface area contributed by atoms with Gasteiger partial charge in [-0.05, 0) is 25.3 Å². The Hall–Kier alpha value is -0.570. The van der Waals surface area contributed by atoms with Gasteiger partial charge in [0, 0.05) is 19.0 Å². The van der Waals surface area contributed by atoms with Crippen LogP contribution in [-0.4, -0.2) is 30.4 Å². The molecule has 1 heterocycles. The lowest BCUT2D eigenvalue weighted by atomic mass is 9.97. The van der Waals surface area contributed by atoms with Crippen LogP contribution in [-0.2, 0) is 4.79 Å². The molecule has 0 aliphatic carbocycles. The van der Waals surface area contributed by atoms with Gasteiger partial charge in [0.15, 0.2) is 0 Å². The van der Waals surface area contributed by atoms with Gasteiger partial charge < -0.3 is 10.6 Å². The molecule has 13 heavy (non-hydrogen) atoms. The summed E-state index contributed by atoms with van der Waals surface area (Å²) in [6.45, 7) is 6.41. The predicted molar refractivity (Wildman–Crippen MR) is 53.2 cm³/mol. The van der Waals surface area contributed by atoms with Crippen LogP contribution >= 0.6 is 0 Å². The van der Waals surface area contributed by atoms with Crippen molar-refractivity contribution in [1.82, 2.24) is 4.90 Å². The van der Waals surface area contributed by atoms with Crippen LogP contribution in [0.15, 0.2) is 0 Å². The van der Waals surface area contributed by atoms with Crippen LogP contribution in [0.2, 0.25) is 0 Å². The normalized spacial score (nSPS) is 23.7. The Balaban J connectivity index is 2.46. The Morgan fingerprint density at radius 1 is 1.62 bits per heavy atom. The third kappa shape index (κ3) is 2.69. The molecule has 2 N–H and O–H groups in total. The van der Waals surface area contributed by atoms with E-state index in [0.717, 1.165) is 19.5 Å². The summed E-state index contributed by atoms with van der Waals surface area (Å²) in [5.74, 6) is 0.922. The van der Waals surface area contributed by atoms with Gasteiger partial charge in [-0.15, -0.1) is 0 Å². The molecule has 1 atom stereocenters. The van der Waals surface area contributed by atoms with Gasteiger partial charge in [0.1, 0.15) is 0 Å². The maximum absolute atomic E-state index is 11.6. The summed E-state index contributed by atoms with van der Waals surface area (Å²) in [6, 6.07) is 0. The summed E-state index contributed by atoms with van der Waals surface area (Å²) in [4.78, 5) is 13.6. The van der Waals surface area contributed by atoms with Crippen molar-refractivity contribution in [3.63, 3.8) is 0 Å². The van der Waals surface area contributed by atoms with E-state index in [2.05, 4.69) is 0 Å². The standard InChI is InChI=1S/C10H20N2O/c1-8(2)10(13)12-5-3-4-9(6-11)7-12/h8-9H,3-7,11H2,1-2H3/t9-/m0/s1. The highest BCUT2D eigenvalue weighted by atomic mass is 16.2. The Labute approximate surface area is 80.3 Å². The fourth-order valence-corrected chi connectivity index (χ4v) is 1.82. The summed E-state index contributed by atoms with van der Waals surface area (Å²) >= 11 is 0. The van der Waals surface area contributed by atoms with Gasteiger partial charge in [0.25, 0.3) is 0 Å². The van der Waals surface area contributed by atoms with E-state index in [4.69, 9.17) is 5.73 Å². The highest BCUT2D eigenvalue weighted by Crippen LogP contribution is 2.16. The number of piperidine rings is 1. The second-order valence-corrected chi connectivity index (χ2v) is 4.18. The molecular weight excluding hydrogens is 164 g/mol. The molecular formula is C10H20N2O. The quantitative estimate of drug-likeness (QED) is 0.691. The highest BCUT2D eigenvalue weighted by Gasteiger charge is 2.23. The number of carbonyl (C=O) groups excluding carboxylic acids is 1. The third-order valence-corrected chi connectivity index (χ3v) is 2.66. The number of rotatable bonds is 2. The van der Waals surface area contributed by atoms with Crippen LogP contribution < -0.4 is 5.73 Å². The van der Waals surface area contributed by atoms with Gasteiger partial charge >= 0.3 is 0 Å². The first-order chi connectivity index (χ1) is 6.15. The van der Waals surface area contributed by atoms with Gasteiger partial charge in [-0.2, -0.15) is 0 Å². The monoisotopic (exact) mass is 184 g/mol. The summed E-state index contributed by atoms with van der Waals surface area (Å²) in [5.41, 5.74) is 5.60. The van der Waals surface area contributed by atoms with E-state index in [1.54, 1.807) is 0 Å². The van der Waals surface area contributed by atoms with Crippen molar-refractivity contribution < 1.29 is 4.79 Å². The minimum atomic E-state index is 0.122. The van der Waals surface area contributed by atoms with Gasteiger partial charge in [0.05, 0.1) is 0 Å². The van der Waals surface area contributed by atoms with Crippen molar-refractivity contribution in [3.05, 3.63) is 0 Å². The lowest BCUT2D eigenvalue weighted by molar-refractivity contribution is -0.136. The van der Waals surface area contributed by atoms with Crippen LogP contribution in [0.3, 0.4) is 0 Å². The number of nitrogens with zero attached hydrogens (tertiary/aromatic N) is 1. The summed E-state index contributed by atoms with van der Waals surface area (Å²) in [7, 11) is 0. The van der Waals surface area contributed by atoms with Gasteiger partial charge in [-0.1, -0.05) is 13.8 Å². The molecule has 1 saturated heterocycles. The second kappa shape index (κ2) is 4.61. The number of amides is 1. The summed E-state index contributed by atoms with van der Waals surface area (Å²) < 4.78 is 0. The van der Waals surface area contributed by atoms with Crippen LogP contribution in [0.1, 0.15) is 26.7 Å². The molecule has 3 heteroatoms. The average Bonchev–Trinajstić information content (AvgIpc) is 2.16. The smallest absolute Gasteiger partial charge is 0.225 e. The van der Waals surface area contributed by atoms with Crippen LogP contribution in [0, 0.1) is 11.8 Å². The fourth-order valence-electron chi connectivity index (χ4n) is 1.82. The zero-order valence-corrected chi connectivity index (χ0v) is 8.62.